The molecule has 0 unspecified atom stereocenters. The van der Waals surface area contributed by atoms with E-state index >= 15 is 0 Å². The number of ether oxygens (including phenoxy) is 1. The highest BCUT2D eigenvalue weighted by molar-refractivity contribution is 5.85. The molecule has 6 nitrogen and oxygen atoms in total. The number of hydrogen-bond donors (Lipinski definition) is 3. The predicted molar refractivity (Wildman–Crippen MR) is 81.8 cm³/mol. The van der Waals surface area contributed by atoms with Gasteiger partial charge in [-0.3, -0.25) is 4.79 Å². The summed E-state index contributed by atoms with van der Waals surface area (Å²) < 4.78 is 4.97. The van der Waals surface area contributed by atoms with Gasteiger partial charge in [0.2, 0.25) is 0 Å². The third kappa shape index (κ3) is 3.83. The Kier molecular flexibility index (Phi) is 5.11. The van der Waals surface area contributed by atoms with Gasteiger partial charge in [-0.25, -0.2) is 5.43 Å². The number of aliphatic hydroxyl groups is 1. The molecule has 0 bridgehead atoms. The fourth-order valence-corrected chi connectivity index (χ4v) is 1.79. The number of aromatic hydroxyl groups is 1. The van der Waals surface area contributed by atoms with Gasteiger partial charge in [-0.1, -0.05) is 30.3 Å². The highest BCUT2D eigenvalue weighted by Crippen LogP contribution is 2.25. The van der Waals surface area contributed by atoms with E-state index in [4.69, 9.17) is 4.74 Å². The van der Waals surface area contributed by atoms with Crippen molar-refractivity contribution >= 4 is 12.1 Å². The molecule has 6 heteroatoms. The highest BCUT2D eigenvalue weighted by Gasteiger charge is 2.15. The molecule has 0 fully saturated rings. The van der Waals surface area contributed by atoms with E-state index in [1.165, 1.54) is 19.4 Å². The van der Waals surface area contributed by atoms with Gasteiger partial charge < -0.3 is 14.9 Å². The van der Waals surface area contributed by atoms with Crippen LogP contribution < -0.4 is 10.2 Å². The Bertz CT molecular complexity index is 671. The number of benzene rings is 2. The van der Waals surface area contributed by atoms with E-state index < -0.39 is 12.0 Å². The molecule has 1 amide bonds. The summed E-state index contributed by atoms with van der Waals surface area (Å²) in [6.45, 7) is 0. The van der Waals surface area contributed by atoms with Crippen LogP contribution in [0.5, 0.6) is 11.5 Å². The Labute approximate surface area is 127 Å². The number of nitrogens with zero attached hydrogens (tertiary/aromatic N) is 1. The van der Waals surface area contributed by atoms with Crippen molar-refractivity contribution in [2.24, 2.45) is 5.10 Å². The average Bonchev–Trinajstić information content (AvgIpc) is 2.56. The van der Waals surface area contributed by atoms with Gasteiger partial charge in [0, 0.05) is 0 Å². The molecule has 114 valence electrons. The molecule has 22 heavy (non-hydrogen) atoms. The number of nitrogens with one attached hydrogen (secondary N) is 1. The van der Waals surface area contributed by atoms with Gasteiger partial charge in [-0.2, -0.15) is 5.10 Å². The molecule has 2 rings (SSSR count). The first kappa shape index (κ1) is 15.5. The summed E-state index contributed by atoms with van der Waals surface area (Å²) in [5.41, 5.74) is 3.38. The van der Waals surface area contributed by atoms with E-state index in [9.17, 15) is 15.0 Å². The number of carbonyl (C=O) groups excluding carboxylic acids is 1. The maximum absolute atomic E-state index is 11.8. The van der Waals surface area contributed by atoms with E-state index in [0.29, 0.717) is 16.9 Å². The van der Waals surface area contributed by atoms with Crippen LogP contribution in [0.15, 0.2) is 53.6 Å². The van der Waals surface area contributed by atoms with Gasteiger partial charge in [0.15, 0.2) is 17.6 Å². The monoisotopic (exact) mass is 300 g/mol. The molecule has 0 aliphatic rings. The lowest BCUT2D eigenvalue weighted by molar-refractivity contribution is -0.129. The highest BCUT2D eigenvalue weighted by atomic mass is 16.5. The van der Waals surface area contributed by atoms with Crippen LogP contribution in [-0.4, -0.2) is 29.4 Å². The van der Waals surface area contributed by atoms with Crippen molar-refractivity contribution in [3.63, 3.8) is 0 Å². The van der Waals surface area contributed by atoms with Crippen LogP contribution in [0.3, 0.4) is 0 Å². The Balaban J connectivity index is 1.99. The molecule has 0 saturated carbocycles. The van der Waals surface area contributed by atoms with E-state index in [-0.39, 0.29) is 5.75 Å². The zero-order valence-corrected chi connectivity index (χ0v) is 11.9. The fourth-order valence-electron chi connectivity index (χ4n) is 1.79. The van der Waals surface area contributed by atoms with Crippen LogP contribution in [0.2, 0.25) is 0 Å². The summed E-state index contributed by atoms with van der Waals surface area (Å²) >= 11 is 0. The Hall–Kier alpha value is -2.86. The maximum atomic E-state index is 11.8. The molecule has 0 saturated heterocycles. The Morgan fingerprint density at radius 1 is 1.27 bits per heavy atom. The SMILES string of the molecule is COc1cc(/C=N/NC(=O)[C@H](O)c2ccccc2)ccc1O. The normalized spacial score (nSPS) is 12.1. The lowest BCUT2D eigenvalue weighted by Crippen LogP contribution is -2.25. The molecule has 2 aromatic carbocycles. The minimum Gasteiger partial charge on any atom is -0.504 e. The maximum Gasteiger partial charge on any atom is 0.273 e. The zero-order chi connectivity index (χ0) is 15.9. The van der Waals surface area contributed by atoms with Crippen LogP contribution >= 0.6 is 0 Å². The summed E-state index contributed by atoms with van der Waals surface area (Å²) in [5, 5.41) is 23.1. The van der Waals surface area contributed by atoms with Crippen molar-refractivity contribution in [2.45, 2.75) is 6.10 Å². The van der Waals surface area contributed by atoms with Gasteiger partial charge in [0.1, 0.15) is 0 Å². The van der Waals surface area contributed by atoms with E-state index in [1.54, 1.807) is 42.5 Å². The summed E-state index contributed by atoms with van der Waals surface area (Å²) in [5.74, 6) is -0.309. The van der Waals surface area contributed by atoms with Crippen LogP contribution in [-0.2, 0) is 4.79 Å². The molecule has 0 spiro atoms. The number of hydrazone groups is 1. The zero-order valence-electron chi connectivity index (χ0n) is 11.9. The minimum atomic E-state index is -1.28. The van der Waals surface area contributed by atoms with Crippen molar-refractivity contribution < 1.29 is 19.7 Å². The topological polar surface area (TPSA) is 91.2 Å². The van der Waals surface area contributed by atoms with E-state index in [2.05, 4.69) is 10.5 Å². The predicted octanol–water partition coefficient (Wildman–Crippen LogP) is 1.58. The summed E-state index contributed by atoms with van der Waals surface area (Å²) in [6, 6.07) is 13.2. The van der Waals surface area contributed by atoms with Gasteiger partial charge in [-0.05, 0) is 29.3 Å². The third-order valence-electron chi connectivity index (χ3n) is 2.96. The van der Waals surface area contributed by atoms with Gasteiger partial charge >= 0.3 is 0 Å². The second kappa shape index (κ2) is 7.24. The first-order chi connectivity index (χ1) is 10.6. The lowest BCUT2D eigenvalue weighted by Gasteiger charge is -2.08. The smallest absolute Gasteiger partial charge is 0.273 e. The van der Waals surface area contributed by atoms with Crippen molar-refractivity contribution in [3.05, 3.63) is 59.7 Å². The summed E-state index contributed by atoms with van der Waals surface area (Å²) in [4.78, 5) is 11.8. The van der Waals surface area contributed by atoms with Crippen molar-refractivity contribution in [1.29, 1.82) is 0 Å². The Morgan fingerprint density at radius 2 is 2.00 bits per heavy atom. The van der Waals surface area contributed by atoms with Crippen LogP contribution in [0.1, 0.15) is 17.2 Å². The molecule has 0 aliphatic heterocycles. The molecule has 0 aromatic heterocycles. The second-order valence-electron chi connectivity index (χ2n) is 4.48. The van der Waals surface area contributed by atoms with Crippen LogP contribution in [0.4, 0.5) is 0 Å². The molecule has 0 radical (unpaired) electrons. The summed E-state index contributed by atoms with van der Waals surface area (Å²) in [6.07, 6.45) is 0.102. The molecule has 1 atom stereocenters. The first-order valence-electron chi connectivity index (χ1n) is 6.54. The number of methoxy groups -OCH3 is 1. The van der Waals surface area contributed by atoms with Gasteiger partial charge in [0.25, 0.3) is 5.91 Å². The largest absolute Gasteiger partial charge is 0.504 e. The quantitative estimate of drug-likeness (QED) is 0.577. The summed E-state index contributed by atoms with van der Waals surface area (Å²) in [7, 11) is 1.44. The molecule has 2 aromatic rings. The molecular weight excluding hydrogens is 284 g/mol. The third-order valence-corrected chi connectivity index (χ3v) is 2.96. The molecular formula is C16H16N2O4. The second-order valence-corrected chi connectivity index (χ2v) is 4.48. The number of phenolic OH excluding ortho intramolecular Hbond substituents is 1. The number of amides is 1. The van der Waals surface area contributed by atoms with Gasteiger partial charge in [0.05, 0.1) is 13.3 Å². The fraction of sp³-hybridized carbons (Fsp3) is 0.125. The standard InChI is InChI=1S/C16H16N2O4/c1-22-14-9-11(7-8-13(14)19)10-17-18-16(21)15(20)12-5-3-2-4-6-12/h2-10,15,19-20H,1H3,(H,18,21)/b17-10+/t15-/m1/s1. The van der Waals surface area contributed by atoms with E-state index in [0.717, 1.165) is 0 Å². The van der Waals surface area contributed by atoms with E-state index in [1.807, 2.05) is 0 Å². The van der Waals surface area contributed by atoms with Crippen molar-refractivity contribution in [2.75, 3.05) is 7.11 Å². The number of rotatable bonds is 5. The lowest BCUT2D eigenvalue weighted by atomic mass is 10.1. The number of aliphatic hydroxyl groups excluding tert-OH is 1. The molecule has 3 N–H and O–H groups in total. The number of carbonyl (C=O) groups is 1. The van der Waals surface area contributed by atoms with Gasteiger partial charge in [-0.15, -0.1) is 0 Å². The van der Waals surface area contributed by atoms with Crippen LogP contribution in [0.25, 0.3) is 0 Å². The first-order valence-corrected chi connectivity index (χ1v) is 6.54. The average molecular weight is 300 g/mol. The number of phenols is 1. The Morgan fingerprint density at radius 3 is 2.68 bits per heavy atom. The van der Waals surface area contributed by atoms with Crippen molar-refractivity contribution in [3.8, 4) is 11.5 Å². The minimum absolute atomic E-state index is 0.0168. The van der Waals surface area contributed by atoms with Crippen molar-refractivity contribution in [1.82, 2.24) is 5.43 Å². The molecule has 0 heterocycles. The van der Waals surface area contributed by atoms with Crippen LogP contribution in [0, 0.1) is 0 Å². The number of hydrogen-bond acceptors (Lipinski definition) is 5. The molecule has 0 aliphatic carbocycles.